The van der Waals surface area contributed by atoms with E-state index in [1.807, 2.05) is 36.4 Å². The van der Waals surface area contributed by atoms with Crippen LogP contribution in [0.15, 0.2) is 48.7 Å². The molecule has 1 N–H and O–H groups in total. The molecule has 3 atom stereocenters. The van der Waals surface area contributed by atoms with Crippen molar-refractivity contribution >= 4 is 16.9 Å². The van der Waals surface area contributed by atoms with Crippen molar-refractivity contribution in [3.05, 3.63) is 69.9 Å². The number of nitrogens with zero attached hydrogens (tertiary/aromatic N) is 1. The van der Waals surface area contributed by atoms with Gasteiger partial charge in [-0.05, 0) is 36.8 Å². The predicted molar refractivity (Wildman–Crippen MR) is 110 cm³/mol. The summed E-state index contributed by atoms with van der Waals surface area (Å²) < 4.78 is 16.3. The molecule has 2 aromatic carbocycles. The number of ether oxygens (including phenoxy) is 3. The number of hydrogen-bond donors (Lipinski definition) is 1. The Bertz CT molecular complexity index is 1090. The summed E-state index contributed by atoms with van der Waals surface area (Å²) in [5.41, 5.74) is 2.32. The first-order chi connectivity index (χ1) is 14.5. The van der Waals surface area contributed by atoms with Crippen LogP contribution >= 0.6 is 0 Å². The van der Waals surface area contributed by atoms with Crippen LogP contribution in [0.25, 0.3) is 10.9 Å². The molecule has 0 spiro atoms. The van der Waals surface area contributed by atoms with Gasteiger partial charge in [0.15, 0.2) is 6.10 Å². The third-order valence-electron chi connectivity index (χ3n) is 5.43. The topological polar surface area (TPSA) is 104 Å². The number of para-hydroxylation sites is 1. The molecule has 0 amide bonds. The number of hydrogen-bond acceptors (Lipinski definition) is 6. The van der Waals surface area contributed by atoms with Gasteiger partial charge in [0, 0.05) is 27.6 Å². The van der Waals surface area contributed by atoms with E-state index in [4.69, 9.17) is 14.2 Å². The van der Waals surface area contributed by atoms with Gasteiger partial charge >= 0.3 is 5.97 Å². The van der Waals surface area contributed by atoms with Crippen LogP contribution < -0.4 is 9.47 Å². The van der Waals surface area contributed by atoms with Gasteiger partial charge in [0.25, 0.3) is 6.04 Å². The van der Waals surface area contributed by atoms with E-state index in [0.717, 1.165) is 16.5 Å². The third-order valence-corrected chi connectivity index (χ3v) is 5.43. The Hall–Kier alpha value is -3.55. The number of fused-ring (bicyclic) bond motifs is 2. The maximum Gasteiger partial charge on any atom is 0.309 e. The number of H-pyrrole nitrogens is 1. The summed E-state index contributed by atoms with van der Waals surface area (Å²) >= 11 is 0. The van der Waals surface area contributed by atoms with Gasteiger partial charge in [-0.1, -0.05) is 18.2 Å². The molecular formula is C22H22N2O6. The van der Waals surface area contributed by atoms with Gasteiger partial charge in [0.05, 0.1) is 26.1 Å². The van der Waals surface area contributed by atoms with Crippen LogP contribution in [0.1, 0.15) is 30.4 Å². The maximum absolute atomic E-state index is 12.2. The van der Waals surface area contributed by atoms with Gasteiger partial charge in [0.2, 0.25) is 0 Å². The fourth-order valence-electron chi connectivity index (χ4n) is 4.14. The second kappa shape index (κ2) is 8.06. The van der Waals surface area contributed by atoms with Gasteiger partial charge in [-0.3, -0.25) is 14.9 Å². The van der Waals surface area contributed by atoms with Crippen LogP contribution in [-0.4, -0.2) is 41.7 Å². The van der Waals surface area contributed by atoms with E-state index in [1.54, 1.807) is 26.3 Å². The highest BCUT2D eigenvalue weighted by atomic mass is 16.6. The van der Waals surface area contributed by atoms with Crippen LogP contribution in [0, 0.1) is 10.1 Å². The zero-order valence-electron chi connectivity index (χ0n) is 16.7. The molecule has 8 heteroatoms. The average Bonchev–Trinajstić information content (AvgIpc) is 3.15. The first kappa shape index (κ1) is 19.8. The predicted octanol–water partition coefficient (Wildman–Crippen LogP) is 3.67. The van der Waals surface area contributed by atoms with Gasteiger partial charge in [-0.15, -0.1) is 0 Å². The van der Waals surface area contributed by atoms with Crippen LogP contribution in [-0.2, 0) is 9.53 Å². The smallest absolute Gasteiger partial charge is 0.309 e. The van der Waals surface area contributed by atoms with Crippen molar-refractivity contribution in [2.24, 2.45) is 0 Å². The highest BCUT2D eigenvalue weighted by Crippen LogP contribution is 2.44. The zero-order valence-corrected chi connectivity index (χ0v) is 16.7. The molecule has 30 heavy (non-hydrogen) atoms. The van der Waals surface area contributed by atoms with Crippen molar-refractivity contribution in [3.63, 3.8) is 0 Å². The molecule has 4 rings (SSSR count). The summed E-state index contributed by atoms with van der Waals surface area (Å²) in [5.74, 6) is 0.0647. The Morgan fingerprint density at radius 3 is 2.77 bits per heavy atom. The van der Waals surface area contributed by atoms with Gasteiger partial charge in [-0.2, -0.15) is 0 Å². The van der Waals surface area contributed by atoms with Crippen molar-refractivity contribution < 1.29 is 23.9 Å². The number of carbonyl (C=O) groups excluding carboxylic acids is 1. The molecule has 2 heterocycles. The molecule has 0 aliphatic carbocycles. The first-order valence-electron chi connectivity index (χ1n) is 9.73. The lowest BCUT2D eigenvalue weighted by Crippen LogP contribution is -2.47. The monoisotopic (exact) mass is 410 g/mol. The summed E-state index contributed by atoms with van der Waals surface area (Å²) in [6.45, 7) is 1.90. The SMILES string of the molecule is CCOC(=O)C[C@@H]1Oc2ccccc2[C@H](c2c[nH]c3ccc(OC)cc23)[C@H]1[N+](=O)[O-]. The number of nitrogens with one attached hydrogen (secondary N) is 1. The minimum atomic E-state index is -1.16. The Morgan fingerprint density at radius 1 is 1.23 bits per heavy atom. The number of carbonyl (C=O) groups is 1. The van der Waals surface area contributed by atoms with Crippen molar-refractivity contribution in [3.8, 4) is 11.5 Å². The number of esters is 1. The molecule has 156 valence electrons. The molecule has 8 nitrogen and oxygen atoms in total. The van der Waals surface area contributed by atoms with E-state index in [1.165, 1.54) is 0 Å². The second-order valence-electron chi connectivity index (χ2n) is 7.11. The molecule has 1 aliphatic heterocycles. The molecule has 3 aromatic rings. The maximum atomic E-state index is 12.2. The van der Waals surface area contributed by atoms with Crippen molar-refractivity contribution in [1.82, 2.24) is 4.98 Å². The van der Waals surface area contributed by atoms with E-state index in [-0.39, 0.29) is 18.0 Å². The minimum absolute atomic E-state index is 0.198. The molecule has 0 unspecified atom stereocenters. The number of benzene rings is 2. The van der Waals surface area contributed by atoms with Gasteiger partial charge in [0.1, 0.15) is 11.5 Å². The quantitative estimate of drug-likeness (QED) is 0.378. The summed E-state index contributed by atoms with van der Waals surface area (Å²) in [5, 5.41) is 13.0. The van der Waals surface area contributed by atoms with Crippen LogP contribution in [0.5, 0.6) is 11.5 Å². The highest BCUT2D eigenvalue weighted by molar-refractivity contribution is 5.86. The normalized spacial score (nSPS) is 20.3. The van der Waals surface area contributed by atoms with E-state index >= 15 is 0 Å². The van der Waals surface area contributed by atoms with Crippen LogP contribution in [0.4, 0.5) is 0 Å². The Balaban J connectivity index is 1.87. The number of rotatable bonds is 6. The van der Waals surface area contributed by atoms with Crippen molar-refractivity contribution in [1.29, 1.82) is 0 Å². The summed E-state index contributed by atoms with van der Waals surface area (Å²) in [7, 11) is 1.58. The molecule has 1 aromatic heterocycles. The Labute approximate surface area is 172 Å². The average molecular weight is 410 g/mol. The molecule has 1 aliphatic rings. The van der Waals surface area contributed by atoms with Gasteiger partial charge < -0.3 is 19.2 Å². The largest absolute Gasteiger partial charge is 0.497 e. The molecule has 0 fully saturated rings. The highest BCUT2D eigenvalue weighted by Gasteiger charge is 2.49. The first-order valence-corrected chi connectivity index (χ1v) is 9.73. The Morgan fingerprint density at radius 2 is 2.03 bits per heavy atom. The van der Waals surface area contributed by atoms with Crippen molar-refractivity contribution in [2.75, 3.05) is 13.7 Å². The summed E-state index contributed by atoms with van der Waals surface area (Å²) in [6, 6.07) is 11.6. The number of methoxy groups -OCH3 is 1. The van der Waals surface area contributed by atoms with Crippen LogP contribution in [0.2, 0.25) is 0 Å². The zero-order chi connectivity index (χ0) is 21.3. The number of nitro groups is 1. The van der Waals surface area contributed by atoms with E-state index in [9.17, 15) is 14.9 Å². The fraction of sp³-hybridized carbons (Fsp3) is 0.318. The molecule has 0 saturated heterocycles. The lowest BCUT2D eigenvalue weighted by molar-refractivity contribution is -0.537. The number of aromatic nitrogens is 1. The van der Waals surface area contributed by atoms with E-state index in [2.05, 4.69) is 4.98 Å². The summed E-state index contributed by atoms with van der Waals surface area (Å²) in [6.07, 6.45) is 0.639. The standard InChI is InChI=1S/C22H22N2O6/c1-3-29-20(25)11-19-22(24(26)27)21(14-6-4-5-7-18(14)30-19)16-12-23-17-9-8-13(28-2)10-15(16)17/h4-10,12,19,21-23H,3,11H2,1-2H3/t19-,21+,22-/m0/s1. The molecule has 0 saturated carbocycles. The molecular weight excluding hydrogens is 388 g/mol. The fourth-order valence-corrected chi connectivity index (χ4v) is 4.14. The second-order valence-corrected chi connectivity index (χ2v) is 7.11. The van der Waals surface area contributed by atoms with E-state index in [0.29, 0.717) is 17.1 Å². The lowest BCUT2D eigenvalue weighted by atomic mass is 9.79. The van der Waals surface area contributed by atoms with Crippen molar-refractivity contribution in [2.45, 2.75) is 31.4 Å². The van der Waals surface area contributed by atoms with E-state index < -0.39 is 24.0 Å². The minimum Gasteiger partial charge on any atom is -0.497 e. The Kier molecular flexibility index (Phi) is 5.31. The lowest BCUT2D eigenvalue weighted by Gasteiger charge is -2.34. The molecule has 0 radical (unpaired) electrons. The van der Waals surface area contributed by atoms with Gasteiger partial charge in [-0.25, -0.2) is 0 Å². The number of aromatic amines is 1. The summed E-state index contributed by atoms with van der Waals surface area (Å²) in [4.78, 5) is 27.2. The van der Waals surface area contributed by atoms with Crippen LogP contribution in [0.3, 0.4) is 0 Å². The third kappa shape index (κ3) is 3.45. The molecule has 0 bridgehead atoms.